The number of unbranched alkanes of at least 4 members (excludes halogenated alkanes) is 6. The first-order chi connectivity index (χ1) is 20.1. The minimum Gasteiger partial charge on any atom is -0.384 e. The maximum atomic E-state index is 6.28. The van der Waals surface area contributed by atoms with E-state index < -0.39 is 0 Å². The molecule has 0 saturated carbocycles. The highest BCUT2D eigenvalue weighted by Gasteiger charge is 2.13. The van der Waals surface area contributed by atoms with Crippen LogP contribution in [0.4, 0.5) is 0 Å². The monoisotopic (exact) mass is 568 g/mol. The fourth-order valence-corrected chi connectivity index (χ4v) is 5.72. The molecule has 0 aliphatic heterocycles. The van der Waals surface area contributed by atoms with E-state index in [0.29, 0.717) is 11.7 Å². The van der Waals surface area contributed by atoms with E-state index in [2.05, 4.69) is 45.9 Å². The minimum atomic E-state index is 0.575. The number of fused-ring (bicyclic) bond motifs is 2. The lowest BCUT2D eigenvalue weighted by molar-refractivity contribution is 0.675. The number of benzene rings is 2. The second-order valence-corrected chi connectivity index (χ2v) is 11.5. The Labute approximate surface area is 245 Å². The van der Waals surface area contributed by atoms with Gasteiger partial charge in [0.05, 0.1) is 31.8 Å². The van der Waals surface area contributed by atoms with E-state index in [9.17, 15) is 0 Å². The number of aromatic amines is 2. The van der Waals surface area contributed by atoms with E-state index in [1.165, 1.54) is 38.5 Å². The SMILES string of the molecule is CCCCCCN=C(N)c1ccc2nc(-c3ccc(-c4nc5ccc(C(N)=NCCCCCC)cc5[nH]4)s3)[nH]c2c1. The number of imidazole rings is 2. The summed E-state index contributed by atoms with van der Waals surface area (Å²) in [5, 5.41) is 0. The van der Waals surface area contributed by atoms with Crippen LogP contribution in [0.15, 0.2) is 58.5 Å². The van der Waals surface area contributed by atoms with E-state index in [-0.39, 0.29) is 0 Å². The number of thiophene rings is 1. The molecule has 0 bridgehead atoms. The summed E-state index contributed by atoms with van der Waals surface area (Å²) in [5.41, 5.74) is 18.1. The fraction of sp³-hybridized carbons (Fsp3) is 0.375. The van der Waals surface area contributed by atoms with Gasteiger partial charge in [0.15, 0.2) is 0 Å². The topological polar surface area (TPSA) is 134 Å². The van der Waals surface area contributed by atoms with Crippen molar-refractivity contribution in [2.24, 2.45) is 21.5 Å². The smallest absolute Gasteiger partial charge is 0.148 e. The van der Waals surface area contributed by atoms with E-state index in [1.54, 1.807) is 11.3 Å². The Bertz CT molecular complexity index is 1530. The van der Waals surface area contributed by atoms with Crippen LogP contribution in [0.2, 0.25) is 0 Å². The molecule has 3 aromatic heterocycles. The molecule has 0 unspecified atom stereocenters. The van der Waals surface area contributed by atoms with Crippen LogP contribution in [-0.4, -0.2) is 44.7 Å². The highest BCUT2D eigenvalue weighted by molar-refractivity contribution is 7.18. The summed E-state index contributed by atoms with van der Waals surface area (Å²) in [5.74, 6) is 2.80. The molecule has 0 spiro atoms. The highest BCUT2D eigenvalue weighted by atomic mass is 32.1. The van der Waals surface area contributed by atoms with E-state index >= 15 is 0 Å². The second-order valence-electron chi connectivity index (χ2n) is 10.5. The number of nitrogens with one attached hydrogen (secondary N) is 2. The minimum absolute atomic E-state index is 0.575. The van der Waals surface area contributed by atoms with Gasteiger partial charge in [0.25, 0.3) is 0 Å². The van der Waals surface area contributed by atoms with Gasteiger partial charge in [-0.25, -0.2) is 9.97 Å². The zero-order valence-corrected chi connectivity index (χ0v) is 24.9. The normalized spacial score (nSPS) is 12.6. The van der Waals surface area contributed by atoms with Crippen molar-refractivity contribution in [2.75, 3.05) is 13.1 Å². The van der Waals surface area contributed by atoms with Gasteiger partial charge in [-0.1, -0.05) is 52.4 Å². The average Bonchev–Trinajstić information content (AvgIpc) is 3.73. The molecule has 6 N–H and O–H groups in total. The Morgan fingerprint density at radius 3 is 1.56 bits per heavy atom. The molecule has 0 atom stereocenters. The van der Waals surface area contributed by atoms with Crippen LogP contribution in [0.1, 0.15) is 76.3 Å². The van der Waals surface area contributed by atoms with Crippen LogP contribution < -0.4 is 11.5 Å². The molecule has 5 rings (SSSR count). The Morgan fingerprint density at radius 2 is 1.12 bits per heavy atom. The standard InChI is InChI=1S/C32H40N8S/c1-3-5-7-9-17-35-29(33)21-11-13-23-25(19-21)39-31(37-23)27-15-16-28(41-27)32-38-24-14-12-22(20-26(24)40-32)30(34)36-18-10-8-6-4-2/h11-16,19-20H,3-10,17-18H2,1-2H3,(H2,33,35)(H2,34,36)(H,37,39)(H,38,40). The van der Waals surface area contributed by atoms with Crippen molar-refractivity contribution in [3.63, 3.8) is 0 Å². The Hall–Kier alpha value is -3.98. The number of hydrogen-bond acceptors (Lipinski definition) is 5. The zero-order valence-electron chi connectivity index (χ0n) is 24.0. The molecule has 0 saturated heterocycles. The van der Waals surface area contributed by atoms with Crippen molar-refractivity contribution in [3.8, 4) is 21.4 Å². The number of nitrogens with two attached hydrogens (primary N) is 2. The summed E-state index contributed by atoms with van der Waals surface area (Å²) >= 11 is 1.64. The molecule has 0 aliphatic carbocycles. The van der Waals surface area contributed by atoms with Gasteiger partial charge in [0.2, 0.25) is 0 Å². The van der Waals surface area contributed by atoms with Crippen molar-refractivity contribution < 1.29 is 0 Å². The van der Waals surface area contributed by atoms with Gasteiger partial charge >= 0.3 is 0 Å². The Balaban J connectivity index is 1.29. The maximum Gasteiger partial charge on any atom is 0.148 e. The van der Waals surface area contributed by atoms with Gasteiger partial charge in [-0.05, 0) is 61.4 Å². The van der Waals surface area contributed by atoms with Crippen LogP contribution in [0.5, 0.6) is 0 Å². The zero-order chi connectivity index (χ0) is 28.6. The summed E-state index contributed by atoms with van der Waals surface area (Å²) in [7, 11) is 0. The largest absolute Gasteiger partial charge is 0.384 e. The van der Waals surface area contributed by atoms with E-state index in [1.807, 2.05) is 36.4 Å². The first-order valence-corrected chi connectivity index (χ1v) is 15.6. The van der Waals surface area contributed by atoms with Crippen LogP contribution in [0, 0.1) is 0 Å². The van der Waals surface area contributed by atoms with Gasteiger partial charge in [-0.15, -0.1) is 11.3 Å². The lowest BCUT2D eigenvalue weighted by Crippen LogP contribution is -2.13. The van der Waals surface area contributed by atoms with Gasteiger partial charge < -0.3 is 21.4 Å². The first-order valence-electron chi connectivity index (χ1n) is 14.8. The van der Waals surface area contributed by atoms with E-state index in [0.717, 1.165) is 80.5 Å². The molecule has 0 amide bonds. The average molecular weight is 569 g/mol. The quantitative estimate of drug-likeness (QED) is 0.0630. The van der Waals surface area contributed by atoms with Crippen molar-refractivity contribution >= 4 is 45.1 Å². The number of aliphatic imine (C=N–C) groups is 2. The summed E-state index contributed by atoms with van der Waals surface area (Å²) in [4.78, 5) is 27.8. The molecule has 9 heteroatoms. The van der Waals surface area contributed by atoms with Crippen LogP contribution in [-0.2, 0) is 0 Å². The van der Waals surface area contributed by atoms with Crippen molar-refractivity contribution in [2.45, 2.75) is 65.2 Å². The lowest BCUT2D eigenvalue weighted by atomic mass is 10.2. The molecule has 0 radical (unpaired) electrons. The summed E-state index contributed by atoms with van der Waals surface area (Å²) < 4.78 is 0. The molecule has 214 valence electrons. The fourth-order valence-electron chi connectivity index (χ4n) is 4.82. The van der Waals surface area contributed by atoms with Gasteiger partial charge in [-0.2, -0.15) is 0 Å². The third kappa shape index (κ3) is 7.03. The molecule has 41 heavy (non-hydrogen) atoms. The number of H-pyrrole nitrogens is 2. The maximum absolute atomic E-state index is 6.28. The summed E-state index contributed by atoms with van der Waals surface area (Å²) in [6, 6.07) is 16.2. The van der Waals surface area contributed by atoms with Crippen LogP contribution in [0.3, 0.4) is 0 Å². The predicted molar refractivity (Wildman–Crippen MR) is 174 cm³/mol. The Kier molecular flexibility index (Phi) is 9.46. The number of nitrogens with zero attached hydrogens (tertiary/aromatic N) is 4. The number of hydrogen-bond donors (Lipinski definition) is 4. The number of amidine groups is 2. The molecule has 0 fully saturated rings. The van der Waals surface area contributed by atoms with Gasteiger partial charge in [-0.3, -0.25) is 9.98 Å². The van der Waals surface area contributed by atoms with Crippen LogP contribution >= 0.6 is 11.3 Å². The molecule has 2 aromatic carbocycles. The third-order valence-electron chi connectivity index (χ3n) is 7.22. The lowest BCUT2D eigenvalue weighted by Gasteiger charge is -2.01. The molecular formula is C32H40N8S. The number of aromatic nitrogens is 4. The molecular weight excluding hydrogens is 528 g/mol. The van der Waals surface area contributed by atoms with Crippen LogP contribution in [0.25, 0.3) is 43.5 Å². The van der Waals surface area contributed by atoms with Crippen molar-refractivity contribution in [3.05, 3.63) is 59.7 Å². The summed E-state index contributed by atoms with van der Waals surface area (Å²) in [6.07, 6.45) is 9.43. The predicted octanol–water partition coefficient (Wildman–Crippen LogP) is 7.41. The van der Waals surface area contributed by atoms with Gasteiger partial charge in [0.1, 0.15) is 23.3 Å². The Morgan fingerprint density at radius 1 is 0.659 bits per heavy atom. The second kappa shape index (κ2) is 13.6. The molecule has 0 aliphatic rings. The van der Waals surface area contributed by atoms with E-state index in [4.69, 9.17) is 21.4 Å². The number of rotatable bonds is 14. The molecule has 5 aromatic rings. The molecule has 8 nitrogen and oxygen atoms in total. The van der Waals surface area contributed by atoms with Crippen molar-refractivity contribution in [1.82, 2.24) is 19.9 Å². The molecule has 3 heterocycles. The van der Waals surface area contributed by atoms with Gasteiger partial charge in [0, 0.05) is 24.2 Å². The summed E-state index contributed by atoms with van der Waals surface area (Å²) in [6.45, 7) is 5.94. The first kappa shape index (κ1) is 28.5. The van der Waals surface area contributed by atoms with Crippen molar-refractivity contribution in [1.29, 1.82) is 0 Å². The third-order valence-corrected chi connectivity index (χ3v) is 8.31. The highest BCUT2D eigenvalue weighted by Crippen LogP contribution is 2.34.